The van der Waals surface area contributed by atoms with Crippen LogP contribution in [0.25, 0.3) is 10.8 Å². The van der Waals surface area contributed by atoms with Crippen LogP contribution in [0.2, 0.25) is 10.0 Å². The summed E-state index contributed by atoms with van der Waals surface area (Å²) in [7, 11) is 0. The molecule has 0 aliphatic rings. The number of ether oxygens (including phenoxy) is 1. The fraction of sp³-hybridized carbons (Fsp3) is 0.0833. The lowest BCUT2D eigenvalue weighted by Gasteiger charge is -2.14. The van der Waals surface area contributed by atoms with E-state index < -0.39 is 0 Å². The van der Waals surface area contributed by atoms with Crippen molar-refractivity contribution in [1.29, 1.82) is 0 Å². The first-order chi connectivity index (χ1) is 13.7. The molecule has 4 aromatic rings. The third-order valence-corrected chi connectivity index (χ3v) is 5.35. The van der Waals surface area contributed by atoms with Crippen LogP contribution >= 0.6 is 23.2 Å². The zero-order valence-corrected chi connectivity index (χ0v) is 16.7. The summed E-state index contributed by atoms with van der Waals surface area (Å²) in [5.41, 5.74) is 3.18. The largest absolute Gasteiger partial charge is 0.489 e. The molecule has 1 N–H and O–H groups in total. The lowest BCUT2D eigenvalue weighted by atomic mass is 10.1. The van der Waals surface area contributed by atoms with Crippen molar-refractivity contribution >= 4 is 39.7 Å². The SMILES string of the molecule is Clc1ccc(COc2ccccc2CNc2cccc3ccccc23)cc1Cl. The average molecular weight is 408 g/mol. The Labute approximate surface area is 174 Å². The van der Waals surface area contributed by atoms with Gasteiger partial charge in [-0.25, -0.2) is 0 Å². The van der Waals surface area contributed by atoms with Crippen LogP contribution in [0, 0.1) is 0 Å². The minimum Gasteiger partial charge on any atom is -0.489 e. The number of fused-ring (bicyclic) bond motifs is 1. The first kappa shape index (κ1) is 18.7. The van der Waals surface area contributed by atoms with Gasteiger partial charge in [-0.1, -0.05) is 83.9 Å². The third kappa shape index (κ3) is 4.24. The summed E-state index contributed by atoms with van der Waals surface area (Å²) < 4.78 is 6.05. The Hall–Kier alpha value is -2.68. The van der Waals surface area contributed by atoms with E-state index in [0.717, 1.165) is 22.6 Å². The summed E-state index contributed by atoms with van der Waals surface area (Å²) in [4.78, 5) is 0. The van der Waals surface area contributed by atoms with Gasteiger partial charge in [0, 0.05) is 23.2 Å². The topological polar surface area (TPSA) is 21.3 Å². The van der Waals surface area contributed by atoms with Gasteiger partial charge >= 0.3 is 0 Å². The Morgan fingerprint density at radius 3 is 2.43 bits per heavy atom. The number of para-hydroxylation sites is 1. The molecule has 0 bridgehead atoms. The monoisotopic (exact) mass is 407 g/mol. The molecule has 0 spiro atoms. The molecular weight excluding hydrogens is 389 g/mol. The number of nitrogens with one attached hydrogen (secondary N) is 1. The Kier molecular flexibility index (Phi) is 5.70. The molecule has 4 rings (SSSR count). The van der Waals surface area contributed by atoms with Gasteiger partial charge in [0.25, 0.3) is 0 Å². The van der Waals surface area contributed by atoms with Crippen molar-refractivity contribution in [2.24, 2.45) is 0 Å². The van der Waals surface area contributed by atoms with Crippen molar-refractivity contribution in [2.45, 2.75) is 13.2 Å². The van der Waals surface area contributed by atoms with Crippen LogP contribution in [0.5, 0.6) is 5.75 Å². The third-order valence-electron chi connectivity index (χ3n) is 4.61. The number of benzene rings is 4. The highest BCUT2D eigenvalue weighted by molar-refractivity contribution is 6.42. The van der Waals surface area contributed by atoms with Crippen LogP contribution in [0.3, 0.4) is 0 Å². The van der Waals surface area contributed by atoms with Crippen molar-refractivity contribution in [2.75, 3.05) is 5.32 Å². The Balaban J connectivity index is 1.49. The maximum absolute atomic E-state index is 6.09. The molecule has 2 nitrogen and oxygen atoms in total. The molecule has 0 aliphatic carbocycles. The lowest BCUT2D eigenvalue weighted by Crippen LogP contribution is -2.04. The first-order valence-corrected chi connectivity index (χ1v) is 9.82. The maximum Gasteiger partial charge on any atom is 0.124 e. The number of rotatable bonds is 6. The van der Waals surface area contributed by atoms with Gasteiger partial charge in [-0.2, -0.15) is 0 Å². The zero-order valence-electron chi connectivity index (χ0n) is 15.2. The van der Waals surface area contributed by atoms with Crippen molar-refractivity contribution in [3.05, 3.63) is 106 Å². The fourth-order valence-corrected chi connectivity index (χ4v) is 3.47. The van der Waals surface area contributed by atoms with Gasteiger partial charge in [-0.15, -0.1) is 0 Å². The molecule has 0 amide bonds. The summed E-state index contributed by atoms with van der Waals surface area (Å²) in [6, 6.07) is 28.2. The van der Waals surface area contributed by atoms with Crippen LogP contribution in [-0.2, 0) is 13.2 Å². The Morgan fingerprint density at radius 2 is 1.54 bits per heavy atom. The van der Waals surface area contributed by atoms with Crippen LogP contribution in [0.4, 0.5) is 5.69 Å². The molecule has 0 unspecified atom stereocenters. The van der Waals surface area contributed by atoms with E-state index >= 15 is 0 Å². The highest BCUT2D eigenvalue weighted by Crippen LogP contribution is 2.27. The summed E-state index contributed by atoms with van der Waals surface area (Å²) in [5.74, 6) is 0.848. The second-order valence-electron chi connectivity index (χ2n) is 6.53. The molecule has 0 radical (unpaired) electrons. The van der Waals surface area contributed by atoms with E-state index in [2.05, 4.69) is 53.8 Å². The van der Waals surface area contributed by atoms with Crippen LogP contribution in [0.15, 0.2) is 84.9 Å². The number of anilines is 1. The molecular formula is C24H19Cl2NO. The molecule has 4 heteroatoms. The van der Waals surface area contributed by atoms with E-state index in [1.165, 1.54) is 10.8 Å². The van der Waals surface area contributed by atoms with Gasteiger partial charge in [0.2, 0.25) is 0 Å². The maximum atomic E-state index is 6.09. The molecule has 28 heavy (non-hydrogen) atoms. The van der Waals surface area contributed by atoms with Gasteiger partial charge in [-0.3, -0.25) is 0 Å². The second-order valence-corrected chi connectivity index (χ2v) is 7.34. The van der Waals surface area contributed by atoms with E-state index in [-0.39, 0.29) is 0 Å². The molecule has 0 aromatic heterocycles. The van der Waals surface area contributed by atoms with E-state index in [1.807, 2.05) is 30.3 Å². The average Bonchev–Trinajstić information content (AvgIpc) is 2.73. The van der Waals surface area contributed by atoms with Crippen molar-refractivity contribution in [3.63, 3.8) is 0 Å². The molecule has 0 saturated carbocycles. The predicted octanol–water partition coefficient (Wildman–Crippen LogP) is 7.34. The van der Waals surface area contributed by atoms with Gasteiger partial charge < -0.3 is 10.1 Å². The van der Waals surface area contributed by atoms with Crippen molar-refractivity contribution in [3.8, 4) is 5.75 Å². The normalized spacial score (nSPS) is 10.8. The Bertz CT molecular complexity index is 1110. The minimum atomic E-state index is 0.433. The van der Waals surface area contributed by atoms with Crippen molar-refractivity contribution < 1.29 is 4.74 Å². The summed E-state index contributed by atoms with van der Waals surface area (Å²) >= 11 is 12.1. The van der Waals surface area contributed by atoms with Gasteiger partial charge in [0.05, 0.1) is 10.0 Å². The molecule has 0 fully saturated rings. The number of hydrogen-bond acceptors (Lipinski definition) is 2. The predicted molar refractivity (Wildman–Crippen MR) is 119 cm³/mol. The zero-order chi connectivity index (χ0) is 19.3. The standard InChI is InChI=1S/C24H19Cl2NO/c25-21-13-12-17(14-22(21)26)16-28-24-11-4-2-7-19(24)15-27-23-10-5-8-18-6-1-3-9-20(18)23/h1-14,27H,15-16H2. The van der Waals surface area contributed by atoms with E-state index in [9.17, 15) is 0 Å². The molecule has 0 saturated heterocycles. The first-order valence-electron chi connectivity index (χ1n) is 9.07. The molecule has 0 aliphatic heterocycles. The van der Waals surface area contributed by atoms with Gasteiger partial charge in [-0.05, 0) is 35.2 Å². The lowest BCUT2D eigenvalue weighted by molar-refractivity contribution is 0.303. The van der Waals surface area contributed by atoms with E-state index in [4.69, 9.17) is 27.9 Å². The van der Waals surface area contributed by atoms with E-state index in [1.54, 1.807) is 6.07 Å². The number of hydrogen-bond donors (Lipinski definition) is 1. The van der Waals surface area contributed by atoms with Crippen molar-refractivity contribution in [1.82, 2.24) is 0 Å². The highest BCUT2D eigenvalue weighted by Gasteiger charge is 2.06. The van der Waals surface area contributed by atoms with E-state index in [0.29, 0.717) is 23.2 Å². The molecule has 4 aromatic carbocycles. The van der Waals surface area contributed by atoms with Gasteiger partial charge in [0.1, 0.15) is 12.4 Å². The van der Waals surface area contributed by atoms with Crippen LogP contribution in [-0.4, -0.2) is 0 Å². The number of halogens is 2. The Morgan fingerprint density at radius 1 is 0.750 bits per heavy atom. The second kappa shape index (κ2) is 8.55. The fourth-order valence-electron chi connectivity index (χ4n) is 3.15. The molecule has 0 heterocycles. The summed E-state index contributed by atoms with van der Waals surface area (Å²) in [5, 5.41) is 7.05. The quantitative estimate of drug-likeness (QED) is 0.360. The summed E-state index contributed by atoms with van der Waals surface area (Å²) in [6.07, 6.45) is 0. The molecule has 0 atom stereocenters. The highest BCUT2D eigenvalue weighted by atomic mass is 35.5. The van der Waals surface area contributed by atoms with Gasteiger partial charge in [0.15, 0.2) is 0 Å². The minimum absolute atomic E-state index is 0.433. The smallest absolute Gasteiger partial charge is 0.124 e. The van der Waals surface area contributed by atoms with Crippen LogP contribution < -0.4 is 10.1 Å². The van der Waals surface area contributed by atoms with Crippen LogP contribution in [0.1, 0.15) is 11.1 Å². The molecule has 140 valence electrons. The summed E-state index contributed by atoms with van der Waals surface area (Å²) in [6.45, 7) is 1.10.